The fraction of sp³-hybridized carbons (Fsp3) is 0.267. The smallest absolute Gasteiger partial charge is 0.0621 e. The molecular formula is C15H15BrClN. The van der Waals surface area contributed by atoms with Crippen LogP contribution in [0, 0.1) is 0 Å². The van der Waals surface area contributed by atoms with E-state index in [9.17, 15) is 0 Å². The second-order valence-electron chi connectivity index (χ2n) is 4.23. The van der Waals surface area contributed by atoms with E-state index in [1.54, 1.807) is 12.4 Å². The van der Waals surface area contributed by atoms with Gasteiger partial charge in [0.05, 0.1) is 5.02 Å². The van der Waals surface area contributed by atoms with Crippen LogP contribution in [-0.4, -0.2) is 4.98 Å². The van der Waals surface area contributed by atoms with Crippen LogP contribution in [0.4, 0.5) is 0 Å². The second kappa shape index (κ2) is 6.35. The minimum absolute atomic E-state index is 0.281. The molecule has 1 nitrogen and oxygen atoms in total. The molecule has 1 heterocycles. The molecule has 0 radical (unpaired) electrons. The SMILES string of the molecule is CCc1ccc(C(Br)Cc2ccncc2Cl)cc1. The van der Waals surface area contributed by atoms with E-state index in [0.717, 1.165) is 23.4 Å². The monoisotopic (exact) mass is 323 g/mol. The van der Waals surface area contributed by atoms with Gasteiger partial charge in [0.2, 0.25) is 0 Å². The summed E-state index contributed by atoms with van der Waals surface area (Å²) in [5.41, 5.74) is 3.76. The first-order valence-electron chi connectivity index (χ1n) is 6.02. The molecule has 0 bridgehead atoms. The summed E-state index contributed by atoms with van der Waals surface area (Å²) in [4.78, 5) is 4.28. The molecule has 0 amide bonds. The molecule has 0 saturated heterocycles. The number of aryl methyl sites for hydroxylation is 1. The Balaban J connectivity index is 2.11. The summed E-state index contributed by atoms with van der Waals surface area (Å²) >= 11 is 9.84. The van der Waals surface area contributed by atoms with E-state index in [-0.39, 0.29) is 4.83 Å². The molecule has 18 heavy (non-hydrogen) atoms. The van der Waals surface area contributed by atoms with Gasteiger partial charge in [0.1, 0.15) is 0 Å². The van der Waals surface area contributed by atoms with E-state index in [2.05, 4.69) is 52.1 Å². The van der Waals surface area contributed by atoms with E-state index < -0.39 is 0 Å². The van der Waals surface area contributed by atoms with Crippen molar-refractivity contribution in [1.29, 1.82) is 0 Å². The Hall–Kier alpha value is -0.860. The van der Waals surface area contributed by atoms with E-state index in [1.165, 1.54) is 11.1 Å². The number of alkyl halides is 1. The summed E-state index contributed by atoms with van der Waals surface area (Å²) in [6.07, 6.45) is 5.41. The van der Waals surface area contributed by atoms with Crippen LogP contribution in [0.5, 0.6) is 0 Å². The minimum Gasteiger partial charge on any atom is -0.263 e. The Morgan fingerprint density at radius 1 is 1.22 bits per heavy atom. The van der Waals surface area contributed by atoms with Gasteiger partial charge in [-0.1, -0.05) is 58.7 Å². The molecule has 1 atom stereocenters. The molecule has 0 aliphatic heterocycles. The second-order valence-corrected chi connectivity index (χ2v) is 5.75. The van der Waals surface area contributed by atoms with Gasteiger partial charge >= 0.3 is 0 Å². The zero-order valence-corrected chi connectivity index (χ0v) is 12.6. The summed E-state index contributed by atoms with van der Waals surface area (Å²) < 4.78 is 0. The molecule has 94 valence electrons. The number of aromatic nitrogens is 1. The highest BCUT2D eigenvalue weighted by molar-refractivity contribution is 9.09. The lowest BCUT2D eigenvalue weighted by Crippen LogP contribution is -1.97. The molecular weight excluding hydrogens is 310 g/mol. The van der Waals surface area contributed by atoms with Gasteiger partial charge in [-0.2, -0.15) is 0 Å². The summed E-state index contributed by atoms with van der Waals surface area (Å²) in [6, 6.07) is 10.7. The van der Waals surface area contributed by atoms with Crippen LogP contribution in [0.3, 0.4) is 0 Å². The minimum atomic E-state index is 0.281. The van der Waals surface area contributed by atoms with Crippen LogP contribution in [0.1, 0.15) is 28.4 Å². The Kier molecular flexibility index (Phi) is 4.79. The first kappa shape index (κ1) is 13.6. The predicted octanol–water partition coefficient (Wildman–Crippen LogP) is 4.98. The molecule has 1 aromatic carbocycles. The molecule has 0 aliphatic rings. The van der Waals surface area contributed by atoms with Crippen LogP contribution in [0.25, 0.3) is 0 Å². The fourth-order valence-electron chi connectivity index (χ4n) is 1.84. The summed E-state index contributed by atoms with van der Waals surface area (Å²) in [5.74, 6) is 0. The highest BCUT2D eigenvalue weighted by Crippen LogP contribution is 2.29. The van der Waals surface area contributed by atoms with Crippen molar-refractivity contribution in [3.05, 3.63) is 64.4 Å². The van der Waals surface area contributed by atoms with Crippen molar-refractivity contribution in [2.24, 2.45) is 0 Å². The number of nitrogens with zero attached hydrogens (tertiary/aromatic N) is 1. The van der Waals surface area contributed by atoms with E-state index in [0.29, 0.717) is 0 Å². The van der Waals surface area contributed by atoms with Crippen molar-refractivity contribution in [1.82, 2.24) is 4.98 Å². The number of benzene rings is 1. The Labute approximate surface area is 121 Å². The summed E-state index contributed by atoms with van der Waals surface area (Å²) in [6.45, 7) is 2.16. The molecule has 2 aromatic rings. The first-order chi connectivity index (χ1) is 8.70. The van der Waals surface area contributed by atoms with Crippen molar-refractivity contribution in [2.75, 3.05) is 0 Å². The topological polar surface area (TPSA) is 12.9 Å². The maximum absolute atomic E-state index is 6.12. The fourth-order valence-corrected chi connectivity index (χ4v) is 2.69. The molecule has 1 unspecified atom stereocenters. The van der Waals surface area contributed by atoms with Gasteiger partial charge in [0.15, 0.2) is 0 Å². The average Bonchev–Trinajstić information content (AvgIpc) is 2.41. The van der Waals surface area contributed by atoms with Crippen molar-refractivity contribution in [2.45, 2.75) is 24.6 Å². The lowest BCUT2D eigenvalue weighted by Gasteiger charge is -2.11. The standard InChI is InChI=1S/C15H15BrClN/c1-2-11-3-5-12(6-4-11)14(16)9-13-7-8-18-10-15(13)17/h3-8,10,14H,2,9H2,1H3. The normalized spacial score (nSPS) is 12.4. The highest BCUT2D eigenvalue weighted by atomic mass is 79.9. The Bertz CT molecular complexity index is 510. The third kappa shape index (κ3) is 3.33. The molecule has 0 N–H and O–H groups in total. The number of rotatable bonds is 4. The molecule has 0 fully saturated rings. The average molecular weight is 325 g/mol. The van der Waals surface area contributed by atoms with Gasteiger partial charge in [0.25, 0.3) is 0 Å². The first-order valence-corrected chi connectivity index (χ1v) is 7.31. The number of pyridine rings is 1. The zero-order valence-electron chi connectivity index (χ0n) is 10.2. The van der Waals surface area contributed by atoms with Gasteiger partial charge in [0, 0.05) is 17.2 Å². The predicted molar refractivity (Wildman–Crippen MR) is 80.4 cm³/mol. The van der Waals surface area contributed by atoms with Crippen LogP contribution in [-0.2, 0) is 12.8 Å². The molecule has 2 rings (SSSR count). The molecule has 0 spiro atoms. The maximum Gasteiger partial charge on any atom is 0.0621 e. The van der Waals surface area contributed by atoms with Gasteiger partial charge in [-0.15, -0.1) is 0 Å². The van der Waals surface area contributed by atoms with Crippen LogP contribution in [0.2, 0.25) is 5.02 Å². The quantitative estimate of drug-likeness (QED) is 0.723. The maximum atomic E-state index is 6.12. The largest absolute Gasteiger partial charge is 0.263 e. The third-order valence-electron chi connectivity index (χ3n) is 3.01. The van der Waals surface area contributed by atoms with E-state index >= 15 is 0 Å². The van der Waals surface area contributed by atoms with Crippen molar-refractivity contribution in [3.8, 4) is 0 Å². The molecule has 3 heteroatoms. The number of hydrogen-bond acceptors (Lipinski definition) is 1. The van der Waals surface area contributed by atoms with E-state index in [4.69, 9.17) is 11.6 Å². The molecule has 0 aliphatic carbocycles. The van der Waals surface area contributed by atoms with Crippen LogP contribution < -0.4 is 0 Å². The molecule has 1 aromatic heterocycles. The Morgan fingerprint density at radius 2 is 1.94 bits per heavy atom. The van der Waals surface area contributed by atoms with Gasteiger partial charge < -0.3 is 0 Å². The summed E-state index contributed by atoms with van der Waals surface area (Å²) in [7, 11) is 0. The number of halogens is 2. The van der Waals surface area contributed by atoms with E-state index in [1.807, 2.05) is 6.07 Å². The lowest BCUT2D eigenvalue weighted by atomic mass is 10.0. The van der Waals surface area contributed by atoms with Gasteiger partial charge in [-0.05, 0) is 35.6 Å². The third-order valence-corrected chi connectivity index (χ3v) is 4.20. The highest BCUT2D eigenvalue weighted by Gasteiger charge is 2.10. The van der Waals surface area contributed by atoms with Crippen molar-refractivity contribution < 1.29 is 0 Å². The van der Waals surface area contributed by atoms with Gasteiger partial charge in [-0.3, -0.25) is 4.98 Å². The summed E-state index contributed by atoms with van der Waals surface area (Å²) in [5, 5.41) is 0.729. The van der Waals surface area contributed by atoms with Gasteiger partial charge in [-0.25, -0.2) is 0 Å². The number of hydrogen-bond donors (Lipinski definition) is 0. The zero-order chi connectivity index (χ0) is 13.0. The molecule has 0 saturated carbocycles. The van der Waals surface area contributed by atoms with Crippen molar-refractivity contribution in [3.63, 3.8) is 0 Å². The van der Waals surface area contributed by atoms with Crippen molar-refractivity contribution >= 4 is 27.5 Å². The van der Waals surface area contributed by atoms with Crippen LogP contribution in [0.15, 0.2) is 42.7 Å². The van der Waals surface area contributed by atoms with Crippen LogP contribution >= 0.6 is 27.5 Å². The Morgan fingerprint density at radius 3 is 2.56 bits per heavy atom. The lowest BCUT2D eigenvalue weighted by molar-refractivity contribution is 0.942.